The number of hydrogen-bond acceptors (Lipinski definition) is 5. The zero-order chi connectivity index (χ0) is 28.5. The van der Waals surface area contributed by atoms with Crippen LogP contribution >= 0.6 is 23.2 Å². The van der Waals surface area contributed by atoms with Gasteiger partial charge in [-0.3, -0.25) is 9.59 Å². The van der Waals surface area contributed by atoms with Crippen molar-refractivity contribution < 1.29 is 19.1 Å². The Bertz CT molecular complexity index is 1580. The van der Waals surface area contributed by atoms with Crippen LogP contribution in [-0.2, 0) is 4.79 Å². The Kier molecular flexibility index (Phi) is 9.46. The molecule has 0 aliphatic rings. The van der Waals surface area contributed by atoms with Gasteiger partial charge in [-0.1, -0.05) is 53.0 Å². The van der Waals surface area contributed by atoms with E-state index in [9.17, 15) is 14.4 Å². The molecule has 0 heterocycles. The molecule has 0 bridgehead atoms. The third-order valence-electron chi connectivity index (χ3n) is 5.55. The van der Waals surface area contributed by atoms with Crippen molar-refractivity contribution in [3.8, 4) is 5.75 Å². The predicted octanol–water partition coefficient (Wildman–Crippen LogP) is 6.94. The van der Waals surface area contributed by atoms with Crippen molar-refractivity contribution in [1.29, 1.82) is 0 Å². The van der Waals surface area contributed by atoms with Gasteiger partial charge < -0.3 is 10.1 Å². The van der Waals surface area contributed by atoms with Crippen molar-refractivity contribution in [3.05, 3.63) is 135 Å². The summed E-state index contributed by atoms with van der Waals surface area (Å²) in [5, 5.41) is 7.75. The van der Waals surface area contributed by atoms with Crippen LogP contribution < -0.4 is 15.5 Å². The fourth-order valence-corrected chi connectivity index (χ4v) is 3.74. The Morgan fingerprint density at radius 3 is 2.10 bits per heavy atom. The van der Waals surface area contributed by atoms with E-state index in [-0.39, 0.29) is 11.7 Å². The molecule has 0 spiro atoms. The molecule has 0 aliphatic heterocycles. The summed E-state index contributed by atoms with van der Waals surface area (Å²) < 4.78 is 5.42. The lowest BCUT2D eigenvalue weighted by molar-refractivity contribution is -0.128. The average molecular weight is 572 g/mol. The van der Waals surface area contributed by atoms with Gasteiger partial charge in [0.05, 0.1) is 6.21 Å². The number of rotatable bonds is 8. The summed E-state index contributed by atoms with van der Waals surface area (Å²) in [7, 11) is 0. The Morgan fingerprint density at radius 2 is 1.40 bits per heavy atom. The fourth-order valence-electron chi connectivity index (χ4n) is 3.43. The summed E-state index contributed by atoms with van der Waals surface area (Å²) in [5.74, 6) is -1.12. The molecule has 0 saturated heterocycles. The van der Waals surface area contributed by atoms with E-state index in [1.54, 1.807) is 78.9 Å². The highest BCUT2D eigenvalue weighted by molar-refractivity contribution is 6.31. The van der Waals surface area contributed by atoms with Gasteiger partial charge in [-0.05, 0) is 85.3 Å². The molecule has 0 fully saturated rings. The number of anilines is 1. The Hall–Kier alpha value is -4.72. The van der Waals surface area contributed by atoms with Crippen molar-refractivity contribution in [2.75, 3.05) is 5.32 Å². The highest BCUT2D eigenvalue weighted by Gasteiger charge is 2.10. The van der Waals surface area contributed by atoms with Crippen LogP contribution in [-0.4, -0.2) is 24.0 Å². The van der Waals surface area contributed by atoms with Gasteiger partial charge in [0.15, 0.2) is 0 Å². The number of hydrogen-bond donors (Lipinski definition) is 2. The first-order valence-electron chi connectivity index (χ1n) is 12.0. The Labute approximate surface area is 241 Å². The summed E-state index contributed by atoms with van der Waals surface area (Å²) in [6.45, 7) is 1.95. The van der Waals surface area contributed by atoms with E-state index in [1.165, 1.54) is 18.4 Å². The zero-order valence-corrected chi connectivity index (χ0v) is 22.7. The molecule has 9 heteroatoms. The van der Waals surface area contributed by atoms with E-state index >= 15 is 0 Å². The second kappa shape index (κ2) is 13.4. The van der Waals surface area contributed by atoms with Crippen LogP contribution in [0.5, 0.6) is 5.75 Å². The van der Waals surface area contributed by atoms with Crippen molar-refractivity contribution in [3.63, 3.8) is 0 Å². The van der Waals surface area contributed by atoms with E-state index in [0.29, 0.717) is 32.4 Å². The highest BCUT2D eigenvalue weighted by atomic mass is 35.5. The number of aryl methyl sites for hydroxylation is 1. The molecule has 2 amide bonds. The molecule has 0 saturated carbocycles. The number of nitrogens with one attached hydrogen (secondary N) is 2. The minimum absolute atomic E-state index is 0.210. The summed E-state index contributed by atoms with van der Waals surface area (Å²) in [5.41, 5.74) is 6.05. The summed E-state index contributed by atoms with van der Waals surface area (Å²) >= 11 is 12.0. The molecule has 0 aliphatic carbocycles. The van der Waals surface area contributed by atoms with E-state index in [0.717, 1.165) is 11.1 Å². The largest absolute Gasteiger partial charge is 0.423 e. The van der Waals surface area contributed by atoms with Crippen molar-refractivity contribution in [2.24, 2.45) is 5.10 Å². The lowest BCUT2D eigenvalue weighted by Gasteiger charge is -2.07. The number of amides is 2. The molecular formula is C31H23Cl2N3O4. The number of carbonyl (C=O) groups excluding carboxylic acids is 3. The third-order valence-corrected chi connectivity index (χ3v) is 6.04. The number of benzene rings is 4. The summed E-state index contributed by atoms with van der Waals surface area (Å²) in [4.78, 5) is 37.3. The molecule has 4 rings (SSSR count). The van der Waals surface area contributed by atoms with E-state index in [4.69, 9.17) is 27.9 Å². The Balaban J connectivity index is 1.35. The number of hydrazone groups is 1. The van der Waals surface area contributed by atoms with Crippen LogP contribution in [0.4, 0.5) is 5.69 Å². The molecule has 4 aromatic carbocycles. The minimum Gasteiger partial charge on any atom is -0.423 e. The first-order valence-corrected chi connectivity index (χ1v) is 12.8. The minimum atomic E-state index is -0.606. The number of esters is 1. The topological polar surface area (TPSA) is 96.9 Å². The second-order valence-corrected chi connectivity index (χ2v) is 9.46. The number of nitrogens with zero attached hydrogens (tertiary/aromatic N) is 1. The van der Waals surface area contributed by atoms with Gasteiger partial charge in [-0.15, -0.1) is 0 Å². The van der Waals surface area contributed by atoms with Crippen LogP contribution in [0, 0.1) is 6.92 Å². The van der Waals surface area contributed by atoms with E-state index in [2.05, 4.69) is 15.8 Å². The molecule has 0 atom stereocenters. The monoisotopic (exact) mass is 571 g/mol. The maximum Gasteiger partial charge on any atom is 0.336 e. The molecule has 0 aromatic heterocycles. The lowest BCUT2D eigenvalue weighted by atomic mass is 10.1. The van der Waals surface area contributed by atoms with Crippen LogP contribution in [0.3, 0.4) is 0 Å². The van der Waals surface area contributed by atoms with Gasteiger partial charge >= 0.3 is 5.97 Å². The SMILES string of the molecule is Cc1ccc(C(=O)Nc2ccc(C(=O)N/N=C/c3cc(Cl)ccc3OC(=O)/C=C/c3ccc(Cl)cc3)cc2)cc1. The quantitative estimate of drug-likeness (QED) is 0.0786. The van der Waals surface area contributed by atoms with Crippen LogP contribution in [0.2, 0.25) is 10.0 Å². The molecular weight excluding hydrogens is 549 g/mol. The smallest absolute Gasteiger partial charge is 0.336 e. The normalized spacial score (nSPS) is 11.0. The third kappa shape index (κ3) is 8.14. The first kappa shape index (κ1) is 28.3. The van der Waals surface area contributed by atoms with Gasteiger partial charge in [0.1, 0.15) is 5.75 Å². The van der Waals surface area contributed by atoms with Crippen molar-refractivity contribution in [2.45, 2.75) is 6.92 Å². The average Bonchev–Trinajstić information content (AvgIpc) is 2.95. The first-order chi connectivity index (χ1) is 19.3. The number of carbonyl (C=O) groups is 3. The second-order valence-electron chi connectivity index (χ2n) is 8.58. The molecule has 0 radical (unpaired) electrons. The molecule has 2 N–H and O–H groups in total. The number of ether oxygens (including phenoxy) is 1. The summed E-state index contributed by atoms with van der Waals surface area (Å²) in [6, 6.07) is 25.2. The maximum absolute atomic E-state index is 12.6. The van der Waals surface area contributed by atoms with Crippen molar-refractivity contribution in [1.82, 2.24) is 5.43 Å². The van der Waals surface area contributed by atoms with E-state index < -0.39 is 11.9 Å². The molecule has 40 heavy (non-hydrogen) atoms. The van der Waals surface area contributed by atoms with Crippen LogP contribution in [0.1, 0.15) is 37.4 Å². The van der Waals surface area contributed by atoms with Crippen LogP contribution in [0.15, 0.2) is 102 Å². The molecule has 7 nitrogen and oxygen atoms in total. The maximum atomic E-state index is 12.6. The standard InChI is InChI=1S/C31H23Cl2N3O4/c1-20-2-7-22(8-3-20)30(38)35-27-14-9-23(10-15-27)31(39)36-34-19-24-18-26(33)13-16-28(24)40-29(37)17-6-21-4-11-25(32)12-5-21/h2-19H,1H3,(H,35,38)(H,36,39)/b17-6+,34-19+. The van der Waals surface area contributed by atoms with Gasteiger partial charge in [0.25, 0.3) is 11.8 Å². The van der Waals surface area contributed by atoms with Gasteiger partial charge in [0, 0.05) is 38.5 Å². The fraction of sp³-hybridized carbons (Fsp3) is 0.0323. The predicted molar refractivity (Wildman–Crippen MR) is 158 cm³/mol. The van der Waals surface area contributed by atoms with Crippen LogP contribution in [0.25, 0.3) is 6.08 Å². The van der Waals surface area contributed by atoms with Crippen molar-refractivity contribution >= 4 is 59.0 Å². The molecule has 4 aromatic rings. The zero-order valence-electron chi connectivity index (χ0n) is 21.2. The van der Waals surface area contributed by atoms with Gasteiger partial charge in [0.2, 0.25) is 0 Å². The molecule has 0 unspecified atom stereocenters. The van der Waals surface area contributed by atoms with Gasteiger partial charge in [-0.2, -0.15) is 5.10 Å². The lowest BCUT2D eigenvalue weighted by Crippen LogP contribution is -2.18. The van der Waals surface area contributed by atoms with Gasteiger partial charge in [-0.25, -0.2) is 10.2 Å². The Morgan fingerprint density at radius 1 is 0.775 bits per heavy atom. The number of halogens is 2. The molecule has 200 valence electrons. The highest BCUT2D eigenvalue weighted by Crippen LogP contribution is 2.22. The van der Waals surface area contributed by atoms with E-state index in [1.807, 2.05) is 19.1 Å². The summed E-state index contributed by atoms with van der Waals surface area (Å²) in [6.07, 6.45) is 4.21.